The number of H-pyrrole nitrogens is 1. The quantitative estimate of drug-likeness (QED) is 0.729. The lowest BCUT2D eigenvalue weighted by molar-refractivity contribution is -0.121. The summed E-state index contributed by atoms with van der Waals surface area (Å²) in [6.45, 7) is 1.86. The van der Waals surface area contributed by atoms with E-state index in [0.717, 1.165) is 61.3 Å². The van der Waals surface area contributed by atoms with Crippen molar-refractivity contribution in [3.63, 3.8) is 0 Å². The molecular formula is C22H25N5O. The molecule has 0 radical (unpaired) electrons. The van der Waals surface area contributed by atoms with Crippen LogP contribution in [0, 0.1) is 5.92 Å². The van der Waals surface area contributed by atoms with E-state index in [-0.39, 0.29) is 6.04 Å². The number of ketones is 1. The second-order valence-corrected chi connectivity index (χ2v) is 7.95. The van der Waals surface area contributed by atoms with Crippen LogP contribution in [0.25, 0.3) is 11.0 Å². The number of aryl methyl sites for hydroxylation is 1. The molecule has 2 atom stereocenters. The van der Waals surface area contributed by atoms with Gasteiger partial charge in [-0.05, 0) is 49.3 Å². The molecule has 6 nitrogen and oxygen atoms in total. The lowest BCUT2D eigenvalue weighted by atomic mass is 9.88. The maximum Gasteiger partial charge on any atom is 0.155 e. The maximum atomic E-state index is 13.0. The molecular weight excluding hydrogens is 350 g/mol. The molecule has 2 N–H and O–H groups in total. The summed E-state index contributed by atoms with van der Waals surface area (Å²) in [4.78, 5) is 27.3. The van der Waals surface area contributed by atoms with Gasteiger partial charge in [0.15, 0.2) is 5.78 Å². The van der Waals surface area contributed by atoms with Crippen LogP contribution in [-0.2, 0) is 11.2 Å². The fourth-order valence-electron chi connectivity index (χ4n) is 4.64. The van der Waals surface area contributed by atoms with Gasteiger partial charge in [-0.3, -0.25) is 4.79 Å². The minimum atomic E-state index is -0.0549. The first kappa shape index (κ1) is 17.2. The molecule has 0 bridgehead atoms. The average Bonchev–Trinajstić information content (AvgIpc) is 3.22. The summed E-state index contributed by atoms with van der Waals surface area (Å²) in [7, 11) is 0. The Hall–Kier alpha value is -2.89. The zero-order valence-electron chi connectivity index (χ0n) is 15.9. The van der Waals surface area contributed by atoms with E-state index in [1.54, 1.807) is 6.33 Å². The summed E-state index contributed by atoms with van der Waals surface area (Å²) >= 11 is 0. The monoisotopic (exact) mass is 375 g/mol. The van der Waals surface area contributed by atoms with E-state index in [2.05, 4.69) is 43.4 Å². The standard InChI is InChI=1S/C22H25N5O/c28-20(19-8-7-16-5-1-2-6-18(16)26-19)12-15-4-3-11-27(13-15)22-17-9-10-23-21(17)24-14-25-22/h1-2,5-6,9-10,14-15,19,26H,3-4,7-8,11-13H2,(H,23,24,25)/t15-,19+/m0/s1. The minimum Gasteiger partial charge on any atom is -0.375 e. The van der Waals surface area contributed by atoms with Gasteiger partial charge in [-0.1, -0.05) is 18.2 Å². The van der Waals surface area contributed by atoms with Crippen molar-refractivity contribution in [2.24, 2.45) is 5.92 Å². The molecule has 0 spiro atoms. The molecule has 1 saturated heterocycles. The van der Waals surface area contributed by atoms with Crippen LogP contribution in [0.3, 0.4) is 0 Å². The van der Waals surface area contributed by atoms with E-state index in [9.17, 15) is 4.79 Å². The summed E-state index contributed by atoms with van der Waals surface area (Å²) in [5.41, 5.74) is 3.30. The van der Waals surface area contributed by atoms with Gasteiger partial charge in [-0.2, -0.15) is 0 Å². The van der Waals surface area contributed by atoms with Crippen molar-refractivity contribution in [2.45, 2.75) is 38.1 Å². The number of carbonyl (C=O) groups excluding carboxylic acids is 1. The van der Waals surface area contributed by atoms with Gasteiger partial charge in [0.05, 0.1) is 11.4 Å². The number of aromatic amines is 1. The Bertz CT molecular complexity index is 997. The second kappa shape index (κ2) is 7.26. The molecule has 144 valence electrons. The molecule has 4 heterocycles. The van der Waals surface area contributed by atoms with Crippen LogP contribution in [0.1, 0.15) is 31.2 Å². The van der Waals surface area contributed by atoms with Crippen LogP contribution in [0.5, 0.6) is 0 Å². The molecule has 0 amide bonds. The highest BCUT2D eigenvalue weighted by Crippen LogP contribution is 2.30. The highest BCUT2D eigenvalue weighted by atomic mass is 16.1. The number of carbonyl (C=O) groups is 1. The Kier molecular flexibility index (Phi) is 4.47. The SMILES string of the molecule is O=C(C[C@@H]1CCCN(c2ncnc3[nH]ccc23)C1)[C@H]1CCc2ccccc2N1. The predicted octanol–water partition coefficient (Wildman–Crippen LogP) is 3.56. The van der Waals surface area contributed by atoms with Gasteiger partial charge in [0.2, 0.25) is 0 Å². The van der Waals surface area contributed by atoms with Gasteiger partial charge in [0.1, 0.15) is 17.8 Å². The molecule has 2 aromatic heterocycles. The van der Waals surface area contributed by atoms with Crippen LogP contribution < -0.4 is 10.2 Å². The van der Waals surface area contributed by atoms with Crippen LogP contribution in [0.15, 0.2) is 42.9 Å². The smallest absolute Gasteiger partial charge is 0.155 e. The van der Waals surface area contributed by atoms with Crippen molar-refractivity contribution in [3.05, 3.63) is 48.4 Å². The summed E-state index contributed by atoms with van der Waals surface area (Å²) in [6.07, 6.45) is 8.22. The Balaban J connectivity index is 1.26. The Morgan fingerprint density at radius 3 is 3.07 bits per heavy atom. The molecule has 2 aliphatic heterocycles. The van der Waals surface area contributed by atoms with Gasteiger partial charge >= 0.3 is 0 Å². The molecule has 1 fully saturated rings. The van der Waals surface area contributed by atoms with Gasteiger partial charge in [-0.25, -0.2) is 9.97 Å². The number of nitrogens with one attached hydrogen (secondary N) is 2. The summed E-state index contributed by atoms with van der Waals surface area (Å²) < 4.78 is 0. The topological polar surface area (TPSA) is 73.9 Å². The minimum absolute atomic E-state index is 0.0549. The number of aromatic nitrogens is 3. The molecule has 28 heavy (non-hydrogen) atoms. The number of hydrogen-bond acceptors (Lipinski definition) is 5. The van der Waals surface area contributed by atoms with E-state index in [1.165, 1.54) is 5.56 Å². The van der Waals surface area contributed by atoms with Crippen molar-refractivity contribution in [1.82, 2.24) is 15.0 Å². The third kappa shape index (κ3) is 3.23. The van der Waals surface area contributed by atoms with Gasteiger partial charge in [-0.15, -0.1) is 0 Å². The molecule has 1 aromatic carbocycles. The third-order valence-electron chi connectivity index (χ3n) is 6.08. The van der Waals surface area contributed by atoms with Crippen LogP contribution in [0.4, 0.5) is 11.5 Å². The number of rotatable bonds is 4. The normalized spacial score (nSPS) is 21.9. The first-order valence-corrected chi connectivity index (χ1v) is 10.2. The van der Waals surface area contributed by atoms with Crippen LogP contribution in [0.2, 0.25) is 0 Å². The summed E-state index contributed by atoms with van der Waals surface area (Å²) in [6, 6.07) is 10.3. The number of fused-ring (bicyclic) bond motifs is 2. The number of nitrogens with zero attached hydrogens (tertiary/aromatic N) is 3. The van der Waals surface area contributed by atoms with E-state index < -0.39 is 0 Å². The highest BCUT2D eigenvalue weighted by Gasteiger charge is 2.29. The lowest BCUT2D eigenvalue weighted by Crippen LogP contribution is -2.40. The van der Waals surface area contributed by atoms with E-state index >= 15 is 0 Å². The van der Waals surface area contributed by atoms with Crippen LogP contribution >= 0.6 is 0 Å². The zero-order valence-corrected chi connectivity index (χ0v) is 15.9. The fraction of sp³-hybridized carbons (Fsp3) is 0.409. The van der Waals surface area contributed by atoms with Crippen molar-refractivity contribution in [2.75, 3.05) is 23.3 Å². The molecule has 0 saturated carbocycles. The van der Waals surface area contributed by atoms with Gasteiger partial charge in [0.25, 0.3) is 0 Å². The summed E-state index contributed by atoms with van der Waals surface area (Å²) in [5, 5.41) is 4.52. The third-order valence-corrected chi connectivity index (χ3v) is 6.08. The Labute approximate surface area is 164 Å². The molecule has 0 unspecified atom stereocenters. The molecule has 0 aliphatic carbocycles. The number of anilines is 2. The average molecular weight is 375 g/mol. The van der Waals surface area contributed by atoms with Crippen LogP contribution in [-0.4, -0.2) is 39.9 Å². The number of hydrogen-bond donors (Lipinski definition) is 2. The van der Waals surface area contributed by atoms with E-state index in [4.69, 9.17) is 0 Å². The summed E-state index contributed by atoms with van der Waals surface area (Å²) in [5.74, 6) is 1.70. The predicted molar refractivity (Wildman–Crippen MR) is 111 cm³/mol. The highest BCUT2D eigenvalue weighted by molar-refractivity contribution is 5.88. The van der Waals surface area contributed by atoms with Crippen molar-refractivity contribution in [3.8, 4) is 0 Å². The van der Waals surface area contributed by atoms with Gasteiger partial charge in [0, 0.05) is 31.4 Å². The van der Waals surface area contributed by atoms with Crippen molar-refractivity contribution in [1.29, 1.82) is 0 Å². The first-order valence-electron chi connectivity index (χ1n) is 10.2. The number of piperidine rings is 1. The fourth-order valence-corrected chi connectivity index (χ4v) is 4.64. The Morgan fingerprint density at radius 1 is 1.18 bits per heavy atom. The van der Waals surface area contributed by atoms with Gasteiger partial charge < -0.3 is 15.2 Å². The largest absolute Gasteiger partial charge is 0.375 e. The van der Waals surface area contributed by atoms with E-state index in [1.807, 2.05) is 18.3 Å². The maximum absolute atomic E-state index is 13.0. The number of Topliss-reactive ketones (excluding diaryl/α,β-unsaturated/α-hetero) is 1. The second-order valence-electron chi connectivity index (χ2n) is 7.95. The Morgan fingerprint density at radius 2 is 2.11 bits per heavy atom. The molecule has 2 aliphatic rings. The van der Waals surface area contributed by atoms with Crippen molar-refractivity contribution < 1.29 is 4.79 Å². The zero-order chi connectivity index (χ0) is 18.9. The molecule has 5 rings (SSSR count). The van der Waals surface area contributed by atoms with Crippen molar-refractivity contribution >= 4 is 28.3 Å². The lowest BCUT2D eigenvalue weighted by Gasteiger charge is -2.34. The first-order chi connectivity index (χ1) is 13.8. The van der Waals surface area contributed by atoms with E-state index in [0.29, 0.717) is 18.1 Å². The molecule has 3 aromatic rings. The number of para-hydroxylation sites is 1. The molecule has 6 heteroatoms. The number of benzene rings is 1.